The van der Waals surface area contributed by atoms with Gasteiger partial charge in [0.2, 0.25) is 0 Å². The molecule has 0 saturated carbocycles. The maximum Gasteiger partial charge on any atom is 0.252 e. The highest BCUT2D eigenvalue weighted by atomic mass is 35.5. The quantitative estimate of drug-likeness (QED) is 0.431. The Hall–Kier alpha value is -0.565. The third-order valence-electron chi connectivity index (χ3n) is 1.43. The topological polar surface area (TPSA) is 17.1 Å². The lowest BCUT2D eigenvalue weighted by Crippen LogP contribution is -2.11. The molecule has 0 aliphatic heterocycles. The Balaban J connectivity index is 2.80. The first-order valence-corrected chi connectivity index (χ1v) is 3.48. The number of carbonyl (C=O) groups is 1. The number of rotatable bonds is 1. The Morgan fingerprint density at radius 1 is 1.73 bits per heavy atom. The van der Waals surface area contributed by atoms with E-state index in [-0.39, 0.29) is 5.57 Å². The summed E-state index contributed by atoms with van der Waals surface area (Å²) < 4.78 is 12.7. The first-order chi connectivity index (χ1) is 5.11. The highest BCUT2D eigenvalue weighted by Crippen LogP contribution is 2.22. The van der Waals surface area contributed by atoms with Gasteiger partial charge in [-0.3, -0.25) is 4.79 Å². The molecule has 56 valence electrons. The van der Waals surface area contributed by atoms with Crippen LogP contribution in [0.5, 0.6) is 0 Å². The fourth-order valence-corrected chi connectivity index (χ4v) is 0.916. The monoisotopic (exact) mass is 170 g/mol. The van der Waals surface area contributed by atoms with Gasteiger partial charge in [-0.05, 0) is 23.5 Å². The fourth-order valence-electron chi connectivity index (χ4n) is 0.790. The number of carbonyl (C=O) groups excluding carboxylic acids is 1. The minimum atomic E-state index is -1.31. The lowest BCUT2D eigenvalue weighted by Gasteiger charge is -2.13. The van der Waals surface area contributed by atoms with Crippen molar-refractivity contribution in [2.45, 2.75) is 12.0 Å². The Morgan fingerprint density at radius 3 is 2.82 bits per heavy atom. The van der Waals surface area contributed by atoms with E-state index in [1.165, 1.54) is 12.2 Å². The van der Waals surface area contributed by atoms with Crippen molar-refractivity contribution in [3.05, 3.63) is 23.8 Å². The number of hydrogen-bond donors (Lipinski definition) is 0. The first kappa shape index (κ1) is 8.53. The third kappa shape index (κ3) is 1.93. The lowest BCUT2D eigenvalue weighted by atomic mass is 9.79. The number of hydrogen-bond acceptors (Lipinski definition) is 1. The van der Waals surface area contributed by atoms with Gasteiger partial charge < -0.3 is 0 Å². The van der Waals surface area contributed by atoms with Gasteiger partial charge in [-0.15, -0.1) is 0 Å². The summed E-state index contributed by atoms with van der Waals surface area (Å²) in [7, 11) is 5.28. The number of halogens is 2. The van der Waals surface area contributed by atoms with Gasteiger partial charge in [-0.25, -0.2) is 4.39 Å². The van der Waals surface area contributed by atoms with Crippen LogP contribution in [0.1, 0.15) is 0 Å². The SMILES string of the molecule is [B]C1C=CC(C(=O)Cl)=C[C@H]1F. The fraction of sp³-hybridized carbons (Fsp3) is 0.286. The normalized spacial score (nSPS) is 29.8. The van der Waals surface area contributed by atoms with Crippen LogP contribution in [0, 0.1) is 0 Å². The molecule has 0 N–H and O–H groups in total. The summed E-state index contributed by atoms with van der Waals surface area (Å²) in [5.41, 5.74) is 0.167. The van der Waals surface area contributed by atoms with Crippen LogP contribution in [0.25, 0.3) is 0 Å². The molecule has 0 amide bonds. The molecule has 0 aromatic heterocycles. The van der Waals surface area contributed by atoms with Crippen LogP contribution in [0.2, 0.25) is 5.82 Å². The molecule has 0 heterocycles. The molecule has 0 aromatic carbocycles. The Labute approximate surface area is 70.3 Å². The molecule has 1 aliphatic carbocycles. The van der Waals surface area contributed by atoms with E-state index >= 15 is 0 Å². The Bertz CT molecular complexity index is 237. The summed E-state index contributed by atoms with van der Waals surface area (Å²) in [5, 5.41) is -0.657. The van der Waals surface area contributed by atoms with E-state index in [0.29, 0.717) is 0 Å². The van der Waals surface area contributed by atoms with E-state index in [4.69, 9.17) is 19.4 Å². The zero-order valence-corrected chi connectivity index (χ0v) is 6.38. The zero-order valence-electron chi connectivity index (χ0n) is 5.63. The first-order valence-electron chi connectivity index (χ1n) is 3.11. The summed E-state index contributed by atoms with van der Waals surface area (Å²) in [6, 6.07) is 0. The van der Waals surface area contributed by atoms with Crippen LogP contribution in [-0.4, -0.2) is 19.3 Å². The summed E-state index contributed by atoms with van der Waals surface area (Å²) in [5.74, 6) is -0.658. The molecule has 2 atom stereocenters. The molecule has 1 unspecified atom stereocenters. The predicted molar refractivity (Wildman–Crippen MR) is 42.5 cm³/mol. The van der Waals surface area contributed by atoms with Crippen molar-refractivity contribution in [3.8, 4) is 0 Å². The van der Waals surface area contributed by atoms with Crippen molar-refractivity contribution in [1.29, 1.82) is 0 Å². The minimum absolute atomic E-state index is 0.167. The second-order valence-corrected chi connectivity index (χ2v) is 2.62. The van der Waals surface area contributed by atoms with Crippen molar-refractivity contribution >= 4 is 24.7 Å². The van der Waals surface area contributed by atoms with Crippen molar-refractivity contribution < 1.29 is 9.18 Å². The van der Waals surface area contributed by atoms with Gasteiger partial charge in [0, 0.05) is 5.57 Å². The van der Waals surface area contributed by atoms with Crippen molar-refractivity contribution in [2.24, 2.45) is 0 Å². The van der Waals surface area contributed by atoms with Gasteiger partial charge in [0.15, 0.2) is 0 Å². The minimum Gasteiger partial charge on any atom is -0.276 e. The molecule has 1 nitrogen and oxygen atoms in total. The van der Waals surface area contributed by atoms with Crippen LogP contribution in [0.4, 0.5) is 4.39 Å². The molecule has 0 bridgehead atoms. The number of alkyl halides is 1. The number of allylic oxidation sites excluding steroid dienone is 4. The average molecular weight is 170 g/mol. The summed E-state index contributed by atoms with van der Waals surface area (Å²) >= 11 is 5.10. The van der Waals surface area contributed by atoms with E-state index in [1.54, 1.807) is 0 Å². The van der Waals surface area contributed by atoms with E-state index in [0.717, 1.165) is 6.08 Å². The molecule has 1 aliphatic rings. The van der Waals surface area contributed by atoms with Crippen LogP contribution in [-0.2, 0) is 4.79 Å². The molecule has 11 heavy (non-hydrogen) atoms. The van der Waals surface area contributed by atoms with E-state index in [1.807, 2.05) is 0 Å². The van der Waals surface area contributed by atoms with Crippen LogP contribution < -0.4 is 0 Å². The summed E-state index contributed by atoms with van der Waals surface area (Å²) in [6.45, 7) is 0. The largest absolute Gasteiger partial charge is 0.276 e. The average Bonchev–Trinajstić information content (AvgIpc) is 1.94. The van der Waals surface area contributed by atoms with Gasteiger partial charge in [0.1, 0.15) is 6.17 Å². The molecule has 1 rings (SSSR count). The standard InChI is InChI=1S/C7H5BClFO/c8-5-2-1-4(7(9)11)3-6(5)10/h1-3,5-6H/t5?,6-/m1/s1. The van der Waals surface area contributed by atoms with Gasteiger partial charge >= 0.3 is 0 Å². The maximum atomic E-state index is 12.7. The van der Waals surface area contributed by atoms with Gasteiger partial charge in [-0.2, -0.15) is 0 Å². The molecule has 0 spiro atoms. The van der Waals surface area contributed by atoms with Crippen LogP contribution in [0.3, 0.4) is 0 Å². The molecular formula is C7H5BClFO. The van der Waals surface area contributed by atoms with E-state index < -0.39 is 17.2 Å². The Kier molecular flexibility index (Phi) is 2.50. The molecule has 4 heteroatoms. The van der Waals surface area contributed by atoms with Gasteiger partial charge in [0.05, 0.1) is 7.85 Å². The highest BCUT2D eigenvalue weighted by molar-refractivity contribution is 6.68. The smallest absolute Gasteiger partial charge is 0.252 e. The molecule has 2 radical (unpaired) electrons. The zero-order chi connectivity index (χ0) is 8.43. The van der Waals surface area contributed by atoms with E-state index in [2.05, 4.69) is 0 Å². The molecule has 0 saturated heterocycles. The highest BCUT2D eigenvalue weighted by Gasteiger charge is 2.17. The second-order valence-electron chi connectivity index (χ2n) is 2.28. The molecule has 0 aromatic rings. The van der Waals surface area contributed by atoms with Crippen molar-refractivity contribution in [2.75, 3.05) is 0 Å². The third-order valence-corrected chi connectivity index (χ3v) is 1.65. The summed E-state index contributed by atoms with van der Waals surface area (Å²) in [4.78, 5) is 10.5. The lowest BCUT2D eigenvalue weighted by molar-refractivity contribution is -0.108. The second kappa shape index (κ2) is 3.22. The Morgan fingerprint density at radius 2 is 2.36 bits per heavy atom. The summed E-state index contributed by atoms with van der Waals surface area (Å²) in [6.07, 6.45) is 2.66. The molecule has 0 fully saturated rings. The van der Waals surface area contributed by atoms with Gasteiger partial charge in [-0.1, -0.05) is 12.2 Å². The van der Waals surface area contributed by atoms with Crippen LogP contribution >= 0.6 is 11.6 Å². The van der Waals surface area contributed by atoms with Gasteiger partial charge in [0.25, 0.3) is 5.24 Å². The van der Waals surface area contributed by atoms with Crippen molar-refractivity contribution in [1.82, 2.24) is 0 Å². The maximum absolute atomic E-state index is 12.7. The van der Waals surface area contributed by atoms with E-state index in [9.17, 15) is 9.18 Å². The van der Waals surface area contributed by atoms with Crippen LogP contribution in [0.15, 0.2) is 23.8 Å². The molecular weight excluding hydrogens is 165 g/mol. The predicted octanol–water partition coefficient (Wildman–Crippen LogP) is 1.54. The van der Waals surface area contributed by atoms with Crippen molar-refractivity contribution in [3.63, 3.8) is 0 Å².